The SMILES string of the molecule is C#CC(C)NCc1oc2ccccc2c1C(=O)O. The Morgan fingerprint density at radius 1 is 1.56 bits per heavy atom. The minimum absolute atomic E-state index is 0.139. The molecule has 0 fully saturated rings. The molecule has 4 nitrogen and oxygen atoms in total. The number of hydrogen-bond donors (Lipinski definition) is 2. The second-order valence-electron chi connectivity index (χ2n) is 3.97. The molecule has 0 saturated heterocycles. The topological polar surface area (TPSA) is 62.5 Å². The van der Waals surface area contributed by atoms with Gasteiger partial charge in [-0.1, -0.05) is 24.1 Å². The van der Waals surface area contributed by atoms with Gasteiger partial charge in [-0.3, -0.25) is 5.32 Å². The fourth-order valence-electron chi connectivity index (χ4n) is 1.76. The Morgan fingerprint density at radius 3 is 2.94 bits per heavy atom. The van der Waals surface area contributed by atoms with Crippen molar-refractivity contribution in [2.24, 2.45) is 0 Å². The van der Waals surface area contributed by atoms with E-state index in [1.54, 1.807) is 24.3 Å². The highest BCUT2D eigenvalue weighted by molar-refractivity contribution is 6.03. The van der Waals surface area contributed by atoms with E-state index >= 15 is 0 Å². The van der Waals surface area contributed by atoms with Gasteiger partial charge in [-0.15, -0.1) is 6.42 Å². The number of aromatic carboxylic acids is 1. The molecule has 0 aliphatic rings. The number of rotatable bonds is 4. The Kier molecular flexibility index (Phi) is 3.35. The largest absolute Gasteiger partial charge is 0.478 e. The molecule has 1 unspecified atom stereocenters. The van der Waals surface area contributed by atoms with Gasteiger partial charge in [0.25, 0.3) is 0 Å². The van der Waals surface area contributed by atoms with Gasteiger partial charge in [0.2, 0.25) is 0 Å². The van der Waals surface area contributed by atoms with Crippen molar-refractivity contribution in [3.8, 4) is 12.3 Å². The summed E-state index contributed by atoms with van der Waals surface area (Å²) in [4.78, 5) is 11.3. The number of nitrogens with one attached hydrogen (secondary N) is 1. The third-order valence-electron chi connectivity index (χ3n) is 2.70. The highest BCUT2D eigenvalue weighted by Gasteiger charge is 2.19. The summed E-state index contributed by atoms with van der Waals surface area (Å²) in [6, 6.07) is 6.93. The number of carboxylic acids is 1. The van der Waals surface area contributed by atoms with Crippen molar-refractivity contribution in [2.75, 3.05) is 0 Å². The van der Waals surface area contributed by atoms with E-state index in [9.17, 15) is 9.90 Å². The molecule has 0 aliphatic carbocycles. The van der Waals surface area contributed by atoms with Gasteiger partial charge in [0.05, 0.1) is 12.6 Å². The number of carboxylic acid groups (broad SMARTS) is 1. The first-order valence-electron chi connectivity index (χ1n) is 5.56. The van der Waals surface area contributed by atoms with Gasteiger partial charge in [0.1, 0.15) is 16.9 Å². The van der Waals surface area contributed by atoms with E-state index in [0.29, 0.717) is 23.3 Å². The van der Waals surface area contributed by atoms with Crippen LogP contribution in [0.2, 0.25) is 0 Å². The molecule has 0 spiro atoms. The molecule has 18 heavy (non-hydrogen) atoms. The molecule has 2 rings (SSSR count). The summed E-state index contributed by atoms with van der Waals surface area (Å²) in [5, 5.41) is 12.9. The highest BCUT2D eigenvalue weighted by Crippen LogP contribution is 2.25. The Balaban J connectivity index is 2.40. The molecule has 2 N–H and O–H groups in total. The van der Waals surface area contributed by atoms with Gasteiger partial charge >= 0.3 is 5.97 Å². The quantitative estimate of drug-likeness (QED) is 0.808. The zero-order valence-electron chi connectivity index (χ0n) is 9.93. The van der Waals surface area contributed by atoms with Crippen LogP contribution in [0.4, 0.5) is 0 Å². The lowest BCUT2D eigenvalue weighted by Gasteiger charge is -2.05. The summed E-state index contributed by atoms with van der Waals surface area (Å²) in [6.45, 7) is 2.12. The first kappa shape index (κ1) is 12.2. The number of para-hydroxylation sites is 1. The van der Waals surface area contributed by atoms with Crippen LogP contribution in [0.3, 0.4) is 0 Å². The van der Waals surface area contributed by atoms with Gasteiger partial charge in [-0.05, 0) is 13.0 Å². The maximum atomic E-state index is 11.3. The van der Waals surface area contributed by atoms with Crippen LogP contribution in [0.5, 0.6) is 0 Å². The van der Waals surface area contributed by atoms with Crippen LogP contribution >= 0.6 is 0 Å². The predicted octanol–water partition coefficient (Wildman–Crippen LogP) is 2.24. The van der Waals surface area contributed by atoms with Crippen LogP contribution in [-0.2, 0) is 6.54 Å². The minimum atomic E-state index is -0.995. The van der Waals surface area contributed by atoms with Crippen LogP contribution in [0.15, 0.2) is 28.7 Å². The monoisotopic (exact) mass is 243 g/mol. The van der Waals surface area contributed by atoms with Crippen LogP contribution in [0.25, 0.3) is 11.0 Å². The molecule has 1 aromatic carbocycles. The lowest BCUT2D eigenvalue weighted by atomic mass is 10.1. The number of benzene rings is 1. The molecular weight excluding hydrogens is 230 g/mol. The molecule has 1 heterocycles. The van der Waals surface area contributed by atoms with E-state index in [1.807, 2.05) is 6.92 Å². The van der Waals surface area contributed by atoms with Gasteiger partial charge in [-0.2, -0.15) is 0 Å². The molecule has 92 valence electrons. The lowest BCUT2D eigenvalue weighted by Crippen LogP contribution is -2.24. The predicted molar refractivity (Wildman–Crippen MR) is 68.3 cm³/mol. The Bertz CT molecular complexity index is 621. The zero-order valence-corrected chi connectivity index (χ0v) is 9.93. The third-order valence-corrected chi connectivity index (χ3v) is 2.70. The van der Waals surface area contributed by atoms with Crippen molar-refractivity contribution >= 4 is 16.9 Å². The summed E-state index contributed by atoms with van der Waals surface area (Å²) in [5.74, 6) is 1.92. The number of hydrogen-bond acceptors (Lipinski definition) is 3. The molecule has 0 bridgehead atoms. The Morgan fingerprint density at radius 2 is 2.28 bits per heavy atom. The molecular formula is C14H13NO3. The standard InChI is InChI=1S/C14H13NO3/c1-3-9(2)15-8-12-13(14(16)17)10-6-4-5-7-11(10)18-12/h1,4-7,9,15H,8H2,2H3,(H,16,17). The second-order valence-corrected chi connectivity index (χ2v) is 3.97. The lowest BCUT2D eigenvalue weighted by molar-refractivity contribution is 0.0696. The van der Waals surface area contributed by atoms with E-state index in [2.05, 4.69) is 11.2 Å². The van der Waals surface area contributed by atoms with E-state index < -0.39 is 5.97 Å². The van der Waals surface area contributed by atoms with E-state index in [4.69, 9.17) is 10.8 Å². The first-order valence-corrected chi connectivity index (χ1v) is 5.56. The van der Waals surface area contributed by atoms with Crippen LogP contribution < -0.4 is 5.32 Å². The van der Waals surface area contributed by atoms with Crippen molar-refractivity contribution < 1.29 is 14.3 Å². The average molecular weight is 243 g/mol. The highest BCUT2D eigenvalue weighted by atomic mass is 16.4. The van der Waals surface area contributed by atoms with Crippen LogP contribution in [-0.4, -0.2) is 17.1 Å². The van der Waals surface area contributed by atoms with Crippen molar-refractivity contribution in [2.45, 2.75) is 19.5 Å². The third kappa shape index (κ3) is 2.22. The van der Waals surface area contributed by atoms with Crippen molar-refractivity contribution in [1.29, 1.82) is 0 Å². The average Bonchev–Trinajstić information content (AvgIpc) is 2.74. The van der Waals surface area contributed by atoms with Crippen LogP contribution in [0, 0.1) is 12.3 Å². The van der Waals surface area contributed by atoms with Crippen LogP contribution in [0.1, 0.15) is 23.0 Å². The number of fused-ring (bicyclic) bond motifs is 1. The van der Waals surface area contributed by atoms with E-state index in [-0.39, 0.29) is 11.6 Å². The summed E-state index contributed by atoms with van der Waals surface area (Å²) in [7, 11) is 0. The molecule has 4 heteroatoms. The normalized spacial score (nSPS) is 12.2. The van der Waals surface area contributed by atoms with Gasteiger partial charge in [-0.25, -0.2) is 4.79 Å². The molecule has 0 radical (unpaired) electrons. The summed E-state index contributed by atoms with van der Waals surface area (Å²) >= 11 is 0. The van der Waals surface area contributed by atoms with Crippen molar-refractivity contribution in [3.05, 3.63) is 35.6 Å². The molecule has 2 aromatic rings. The number of furan rings is 1. The summed E-state index contributed by atoms with van der Waals surface area (Å²) in [5.41, 5.74) is 0.766. The van der Waals surface area contributed by atoms with Gasteiger partial charge in [0, 0.05) is 5.39 Å². The van der Waals surface area contributed by atoms with Crippen molar-refractivity contribution in [3.63, 3.8) is 0 Å². The summed E-state index contributed by atoms with van der Waals surface area (Å²) in [6.07, 6.45) is 5.25. The Labute approximate surface area is 105 Å². The van der Waals surface area contributed by atoms with E-state index in [0.717, 1.165) is 0 Å². The maximum absolute atomic E-state index is 11.3. The van der Waals surface area contributed by atoms with E-state index in [1.165, 1.54) is 0 Å². The maximum Gasteiger partial charge on any atom is 0.339 e. The number of terminal acetylenes is 1. The molecule has 0 aliphatic heterocycles. The minimum Gasteiger partial charge on any atom is -0.478 e. The zero-order chi connectivity index (χ0) is 13.1. The smallest absolute Gasteiger partial charge is 0.339 e. The van der Waals surface area contributed by atoms with Gasteiger partial charge < -0.3 is 9.52 Å². The fourth-order valence-corrected chi connectivity index (χ4v) is 1.76. The number of carbonyl (C=O) groups is 1. The fraction of sp³-hybridized carbons (Fsp3) is 0.214. The summed E-state index contributed by atoms with van der Waals surface area (Å²) < 4.78 is 5.54. The molecule has 0 amide bonds. The Hall–Kier alpha value is -2.25. The molecule has 0 saturated carbocycles. The van der Waals surface area contributed by atoms with Crippen molar-refractivity contribution in [1.82, 2.24) is 5.32 Å². The second kappa shape index (κ2) is 4.94. The first-order chi connectivity index (χ1) is 8.63. The molecule has 1 atom stereocenters. The van der Waals surface area contributed by atoms with Gasteiger partial charge in [0.15, 0.2) is 0 Å². The molecule has 1 aromatic heterocycles.